The second-order valence-corrected chi connectivity index (χ2v) is 8.66. The summed E-state index contributed by atoms with van der Waals surface area (Å²) in [5, 5.41) is 58.8. The molecule has 31 heavy (non-hydrogen) atoms. The Hall–Kier alpha value is -0.620. The number of rotatable bonds is 8. The van der Waals surface area contributed by atoms with Crippen LogP contribution in [0.5, 0.6) is 0 Å². The Bertz CT molecular complexity index is 800. The van der Waals surface area contributed by atoms with E-state index in [0.717, 1.165) is 0 Å². The van der Waals surface area contributed by atoms with E-state index in [9.17, 15) is 47.5 Å². The second kappa shape index (κ2) is 10.1. The average Bonchev–Trinajstić information content (AvgIpc) is 2.64. The molecule has 1 unspecified atom stereocenters. The molecular weight excluding hydrogens is 480 g/mol. The van der Waals surface area contributed by atoms with Gasteiger partial charge in [0, 0.05) is 0 Å². The van der Waals surface area contributed by atoms with Gasteiger partial charge >= 0.3 is 20.8 Å². The van der Waals surface area contributed by atoms with Crippen molar-refractivity contribution in [1.29, 1.82) is 0 Å². The summed E-state index contributed by atoms with van der Waals surface area (Å²) in [6.07, 6.45) is -19.4. The monoisotopic (exact) mass is 502 g/mol. The maximum Gasteiger partial charge on any atom is 0.397 e. The van der Waals surface area contributed by atoms with E-state index in [-0.39, 0.29) is 0 Å². The predicted molar refractivity (Wildman–Crippen MR) is 89.4 cm³/mol. The third-order valence-electron chi connectivity index (χ3n) is 4.37. The van der Waals surface area contributed by atoms with Gasteiger partial charge in [-0.25, -0.2) is 8.37 Å². The molecule has 8 N–H and O–H groups in total. The largest absolute Gasteiger partial charge is 0.397 e. The SMILES string of the molecule is O=S(=O)(O)O[C@H]1[C@@H](O)[C@@H](CO)O[C@@H](OC[C@H]2OC(O)[C@H](O)[C@@H](OS(=O)(=O)O)[C@H]2O)[C@@H]1O. The molecule has 2 fully saturated rings. The topological polar surface area (TPSA) is 276 Å². The third kappa shape index (κ3) is 6.93. The summed E-state index contributed by atoms with van der Waals surface area (Å²) in [5.74, 6) is 0. The van der Waals surface area contributed by atoms with Gasteiger partial charge in [0.15, 0.2) is 12.6 Å². The van der Waals surface area contributed by atoms with Crippen molar-refractivity contribution in [3.8, 4) is 0 Å². The molecule has 0 aromatic rings. The Morgan fingerprint density at radius 2 is 1.19 bits per heavy atom. The summed E-state index contributed by atoms with van der Waals surface area (Å²) in [6, 6.07) is 0. The van der Waals surface area contributed by atoms with Gasteiger partial charge in [-0.05, 0) is 0 Å². The molecule has 184 valence electrons. The summed E-state index contributed by atoms with van der Waals surface area (Å²) >= 11 is 0. The van der Waals surface area contributed by atoms with Crippen LogP contribution in [0.2, 0.25) is 0 Å². The van der Waals surface area contributed by atoms with Gasteiger partial charge in [-0.15, -0.1) is 0 Å². The second-order valence-electron chi connectivity index (χ2n) is 6.56. The van der Waals surface area contributed by atoms with Gasteiger partial charge in [0.25, 0.3) is 0 Å². The molecule has 19 heteroatoms. The van der Waals surface area contributed by atoms with Gasteiger partial charge < -0.3 is 44.8 Å². The van der Waals surface area contributed by atoms with Crippen LogP contribution in [0.4, 0.5) is 0 Å². The van der Waals surface area contributed by atoms with Crippen molar-refractivity contribution in [3.63, 3.8) is 0 Å². The summed E-state index contributed by atoms with van der Waals surface area (Å²) in [6.45, 7) is -1.73. The molecule has 0 amide bonds. The lowest BCUT2D eigenvalue weighted by molar-refractivity contribution is -0.322. The van der Waals surface area contributed by atoms with Crippen LogP contribution in [0, 0.1) is 0 Å². The molecule has 0 radical (unpaired) electrons. The zero-order valence-electron chi connectivity index (χ0n) is 15.3. The normalized spacial score (nSPS) is 42.5. The Labute approximate surface area is 175 Å². The minimum absolute atomic E-state index is 0.829. The third-order valence-corrected chi connectivity index (χ3v) is 5.30. The van der Waals surface area contributed by atoms with E-state index >= 15 is 0 Å². The molecule has 2 saturated heterocycles. The van der Waals surface area contributed by atoms with E-state index < -0.39 is 95.4 Å². The van der Waals surface area contributed by atoms with Crippen LogP contribution in [-0.2, 0) is 43.4 Å². The van der Waals surface area contributed by atoms with Crippen molar-refractivity contribution in [2.45, 2.75) is 61.4 Å². The maximum absolute atomic E-state index is 10.9. The molecule has 0 saturated carbocycles. The molecule has 2 rings (SSSR count). The van der Waals surface area contributed by atoms with Crippen molar-refractivity contribution in [2.24, 2.45) is 0 Å². The molecule has 0 spiro atoms. The fourth-order valence-electron chi connectivity index (χ4n) is 2.94. The van der Waals surface area contributed by atoms with Gasteiger partial charge in [0.2, 0.25) is 0 Å². The molecule has 2 aliphatic heterocycles. The van der Waals surface area contributed by atoms with E-state index in [1.165, 1.54) is 0 Å². The Morgan fingerprint density at radius 3 is 1.68 bits per heavy atom. The van der Waals surface area contributed by atoms with Crippen LogP contribution in [0.3, 0.4) is 0 Å². The highest BCUT2D eigenvalue weighted by molar-refractivity contribution is 7.81. The van der Waals surface area contributed by atoms with Crippen LogP contribution in [-0.4, -0.2) is 131 Å². The van der Waals surface area contributed by atoms with E-state index in [0.29, 0.717) is 0 Å². The van der Waals surface area contributed by atoms with Gasteiger partial charge in [-0.3, -0.25) is 9.11 Å². The highest BCUT2D eigenvalue weighted by atomic mass is 32.3. The first kappa shape index (κ1) is 26.6. The lowest BCUT2D eigenvalue weighted by Crippen LogP contribution is -2.62. The Morgan fingerprint density at radius 1 is 0.710 bits per heavy atom. The zero-order chi connectivity index (χ0) is 23.7. The first-order chi connectivity index (χ1) is 14.1. The van der Waals surface area contributed by atoms with Crippen molar-refractivity contribution < 1.29 is 79.2 Å². The molecule has 2 aliphatic rings. The van der Waals surface area contributed by atoms with Gasteiger partial charge in [0.1, 0.15) is 48.8 Å². The van der Waals surface area contributed by atoms with Crippen molar-refractivity contribution in [2.75, 3.05) is 13.2 Å². The standard InChI is InChI=1S/C12H22O17S2/c13-1-3-5(14)10(29-31(22,23)24)8(17)12(27-3)25-2-4-6(15)9(28-30(19,20)21)7(16)11(18)26-4/h3-18H,1-2H2,(H,19,20,21)(H,22,23,24)/t3-,4-,5+,6+,7-,8-,9+,10+,11?,12-/m1/s1. The summed E-state index contributed by atoms with van der Waals surface area (Å²) in [5.41, 5.74) is 0. The van der Waals surface area contributed by atoms with Crippen molar-refractivity contribution in [3.05, 3.63) is 0 Å². The molecule has 0 aliphatic carbocycles. The van der Waals surface area contributed by atoms with Gasteiger partial charge in [-0.2, -0.15) is 16.8 Å². The fraction of sp³-hybridized carbons (Fsp3) is 1.00. The minimum atomic E-state index is -5.17. The molecule has 0 aromatic heterocycles. The quantitative estimate of drug-likeness (QED) is 0.143. The van der Waals surface area contributed by atoms with Gasteiger partial charge in [-0.1, -0.05) is 0 Å². The molecular formula is C12H22O17S2. The van der Waals surface area contributed by atoms with Crippen molar-refractivity contribution in [1.82, 2.24) is 0 Å². The van der Waals surface area contributed by atoms with E-state index in [4.69, 9.17) is 23.3 Å². The predicted octanol–water partition coefficient (Wildman–Crippen LogP) is -5.74. The lowest BCUT2D eigenvalue weighted by Gasteiger charge is -2.42. The average molecular weight is 502 g/mol. The number of aliphatic hydroxyl groups excluding tert-OH is 6. The van der Waals surface area contributed by atoms with E-state index in [2.05, 4.69) is 8.37 Å². The molecule has 17 nitrogen and oxygen atoms in total. The first-order valence-electron chi connectivity index (χ1n) is 8.39. The number of hydrogen-bond acceptors (Lipinski definition) is 15. The number of aliphatic hydroxyl groups is 6. The van der Waals surface area contributed by atoms with Crippen LogP contribution >= 0.6 is 0 Å². The highest BCUT2D eigenvalue weighted by Crippen LogP contribution is 2.28. The summed E-state index contributed by atoms with van der Waals surface area (Å²) in [4.78, 5) is 0. The van der Waals surface area contributed by atoms with Crippen LogP contribution < -0.4 is 0 Å². The smallest absolute Gasteiger partial charge is 0.394 e. The fourth-order valence-corrected chi connectivity index (χ4v) is 3.96. The summed E-state index contributed by atoms with van der Waals surface area (Å²) in [7, 11) is -10.3. The Kier molecular flexibility index (Phi) is 8.68. The molecule has 0 bridgehead atoms. The number of hydrogen-bond donors (Lipinski definition) is 8. The molecule has 2 heterocycles. The highest BCUT2D eigenvalue weighted by Gasteiger charge is 2.50. The van der Waals surface area contributed by atoms with Crippen LogP contribution in [0.1, 0.15) is 0 Å². The van der Waals surface area contributed by atoms with Crippen molar-refractivity contribution >= 4 is 20.8 Å². The first-order valence-corrected chi connectivity index (χ1v) is 11.1. The zero-order valence-corrected chi connectivity index (χ0v) is 16.9. The van der Waals surface area contributed by atoms with Crippen LogP contribution in [0.25, 0.3) is 0 Å². The molecule has 0 aromatic carbocycles. The number of ether oxygens (including phenoxy) is 3. The maximum atomic E-state index is 10.9. The Balaban J connectivity index is 2.12. The lowest BCUT2D eigenvalue weighted by atomic mass is 9.98. The van der Waals surface area contributed by atoms with E-state index in [1.54, 1.807) is 0 Å². The summed E-state index contributed by atoms with van der Waals surface area (Å²) < 4.78 is 84.4. The molecule has 10 atom stereocenters. The van der Waals surface area contributed by atoms with Crippen LogP contribution in [0.15, 0.2) is 0 Å². The van der Waals surface area contributed by atoms with Gasteiger partial charge in [0.05, 0.1) is 13.2 Å². The van der Waals surface area contributed by atoms with E-state index in [1.807, 2.05) is 0 Å². The minimum Gasteiger partial charge on any atom is -0.394 e.